The van der Waals surface area contributed by atoms with Gasteiger partial charge in [-0.1, -0.05) is 152 Å². The van der Waals surface area contributed by atoms with Crippen molar-refractivity contribution in [2.75, 3.05) is 0 Å². The van der Waals surface area contributed by atoms with Crippen LogP contribution >= 0.6 is 0 Å². The average Bonchev–Trinajstić information content (AvgIpc) is 1.54. The molecule has 0 bridgehead atoms. The summed E-state index contributed by atoms with van der Waals surface area (Å²) in [5.41, 5.74) is 21.4. The van der Waals surface area contributed by atoms with Gasteiger partial charge in [-0.2, -0.15) is 9.97 Å². The minimum absolute atomic E-state index is 0.500. The summed E-state index contributed by atoms with van der Waals surface area (Å²) in [4.78, 5) is 17.0. The van der Waals surface area contributed by atoms with Gasteiger partial charge in [0.2, 0.25) is 5.95 Å². The van der Waals surface area contributed by atoms with Crippen LogP contribution in [0.1, 0.15) is 0 Å². The van der Waals surface area contributed by atoms with Gasteiger partial charge in [0.15, 0.2) is 11.6 Å². The Labute approximate surface area is 547 Å². The summed E-state index contributed by atoms with van der Waals surface area (Å²) < 4.78 is 22.1. The van der Waals surface area contributed by atoms with Crippen LogP contribution in [0.15, 0.2) is 318 Å². The van der Waals surface area contributed by atoms with Crippen LogP contribution in [0.4, 0.5) is 0 Å². The molecule has 0 aliphatic rings. The maximum Gasteiger partial charge on any atom is 0.238 e. The predicted octanol–water partition coefficient (Wildman–Crippen LogP) is 22.7. The lowest BCUT2D eigenvalue weighted by molar-refractivity contribution is 0.668. The maximum absolute atomic E-state index is 6.37. The third-order valence-corrected chi connectivity index (χ3v) is 19.8. The van der Waals surface area contributed by atoms with Crippen molar-refractivity contribution in [3.8, 4) is 68.0 Å². The van der Waals surface area contributed by atoms with Gasteiger partial charge < -0.3 is 22.5 Å². The Bertz CT molecular complexity index is 6650. The van der Waals surface area contributed by atoms with E-state index in [1.54, 1.807) is 0 Å². The smallest absolute Gasteiger partial charge is 0.238 e. The Morgan fingerprint density at radius 1 is 0.188 bits per heavy atom. The molecule has 0 N–H and O–H groups in total. The van der Waals surface area contributed by atoms with Gasteiger partial charge in [0.1, 0.15) is 22.3 Å². The van der Waals surface area contributed by atoms with E-state index in [1.807, 2.05) is 24.3 Å². The standard InChI is InChI=1S/C87H51N7O2/c1-4-18-58(19-5-1)91-73-28-14-10-24-61(73)65-48-56(34-40-75(65)91)85-88-86(57-35-41-76-66(49-57)62-25-11-15-29-74(62)92(76)59-20-6-2-7-21-59)90-87(89-85)94-78-39-33-53(55-37-43-84-72(47-55)64-27-13-17-31-82(64)96-84)45-68(78)70-50-79-69(51-80(70)94)67-44-52(32-38-77(67)93(79)60-22-8-3-9-23-60)54-36-42-83-71(46-54)63-26-12-16-30-81(63)95-83/h1-51H. The van der Waals surface area contributed by atoms with Gasteiger partial charge in [0, 0.05) is 92.8 Å². The third kappa shape index (κ3) is 7.82. The minimum Gasteiger partial charge on any atom is -0.456 e. The van der Waals surface area contributed by atoms with E-state index in [4.69, 9.17) is 23.8 Å². The van der Waals surface area contributed by atoms with Crippen LogP contribution < -0.4 is 0 Å². The summed E-state index contributed by atoms with van der Waals surface area (Å²) >= 11 is 0. The van der Waals surface area contributed by atoms with Crippen molar-refractivity contribution in [3.05, 3.63) is 309 Å². The Morgan fingerprint density at radius 2 is 0.479 bits per heavy atom. The van der Waals surface area contributed by atoms with E-state index in [0.717, 1.165) is 182 Å². The fourth-order valence-corrected chi connectivity index (χ4v) is 15.4. The van der Waals surface area contributed by atoms with Crippen LogP contribution in [0, 0.1) is 0 Å². The Balaban J connectivity index is 0.847. The van der Waals surface area contributed by atoms with Crippen molar-refractivity contribution < 1.29 is 8.83 Å². The van der Waals surface area contributed by atoms with Gasteiger partial charge in [-0.15, -0.1) is 0 Å². The molecule has 0 radical (unpaired) electrons. The fraction of sp³-hybridized carbons (Fsp3) is 0. The molecule has 7 aromatic heterocycles. The average molecular weight is 1230 g/mol. The van der Waals surface area contributed by atoms with Gasteiger partial charge in [-0.25, -0.2) is 4.98 Å². The molecular weight excluding hydrogens is 1180 g/mol. The predicted molar refractivity (Wildman–Crippen MR) is 393 cm³/mol. The van der Waals surface area contributed by atoms with Crippen molar-refractivity contribution in [1.82, 2.24) is 33.2 Å². The number of nitrogens with zero attached hydrogens (tertiary/aromatic N) is 7. The number of rotatable bonds is 8. The van der Waals surface area contributed by atoms with Crippen LogP contribution in [0.2, 0.25) is 0 Å². The second-order valence-corrected chi connectivity index (χ2v) is 25.1. The second-order valence-electron chi connectivity index (χ2n) is 25.1. The first kappa shape index (κ1) is 52.5. The van der Waals surface area contributed by atoms with Crippen LogP contribution in [-0.4, -0.2) is 33.2 Å². The van der Waals surface area contributed by atoms with Crippen LogP contribution in [0.25, 0.3) is 199 Å². The molecule has 9 heteroatoms. The Morgan fingerprint density at radius 3 is 0.927 bits per heavy atom. The molecule has 0 fully saturated rings. The van der Waals surface area contributed by atoms with Gasteiger partial charge >= 0.3 is 0 Å². The SMILES string of the molecule is c1ccc(-n2c3ccccc3c3cc(-c4nc(-c5ccc6c(c5)c5ccccc5n6-c5ccccc5)nc(-n5c6ccc(-c7ccc8oc9ccccc9c8c7)cc6c6cc7c(cc65)c5cc(-c6ccc8oc9ccccc9c8c6)ccc5n7-c5ccccc5)n4)ccc32)cc1. The first-order valence-electron chi connectivity index (χ1n) is 32.5. The summed E-state index contributed by atoms with van der Waals surface area (Å²) in [6.45, 7) is 0. The van der Waals surface area contributed by atoms with Gasteiger partial charge in [0.05, 0.1) is 44.1 Å². The molecule has 14 aromatic carbocycles. The number of para-hydroxylation sites is 7. The van der Waals surface area contributed by atoms with E-state index in [2.05, 4.69) is 303 Å². The summed E-state index contributed by atoms with van der Waals surface area (Å²) in [5, 5.41) is 13.2. The van der Waals surface area contributed by atoms with Crippen molar-refractivity contribution in [3.63, 3.8) is 0 Å². The lowest BCUT2D eigenvalue weighted by Crippen LogP contribution is -2.06. The molecule has 21 rings (SSSR count). The highest BCUT2D eigenvalue weighted by atomic mass is 16.3. The van der Waals surface area contributed by atoms with Gasteiger partial charge in [-0.3, -0.25) is 4.57 Å². The molecular formula is C87H51N7O2. The number of furan rings is 2. The van der Waals surface area contributed by atoms with E-state index < -0.39 is 0 Å². The van der Waals surface area contributed by atoms with E-state index in [9.17, 15) is 0 Å². The maximum atomic E-state index is 6.37. The van der Waals surface area contributed by atoms with Crippen molar-refractivity contribution >= 4 is 131 Å². The highest BCUT2D eigenvalue weighted by Crippen LogP contribution is 2.45. The molecule has 446 valence electrons. The van der Waals surface area contributed by atoms with Crippen molar-refractivity contribution in [1.29, 1.82) is 0 Å². The fourth-order valence-electron chi connectivity index (χ4n) is 15.4. The Kier molecular flexibility index (Phi) is 11.0. The quantitative estimate of drug-likeness (QED) is 0.151. The van der Waals surface area contributed by atoms with E-state index in [0.29, 0.717) is 17.6 Å². The van der Waals surface area contributed by atoms with Crippen molar-refractivity contribution in [2.24, 2.45) is 0 Å². The molecule has 0 amide bonds. The zero-order chi connectivity index (χ0) is 62.7. The normalized spacial score (nSPS) is 12.2. The van der Waals surface area contributed by atoms with E-state index in [1.165, 1.54) is 0 Å². The molecule has 0 unspecified atom stereocenters. The molecule has 0 spiro atoms. The molecule has 0 aliphatic carbocycles. The zero-order valence-electron chi connectivity index (χ0n) is 51.4. The largest absolute Gasteiger partial charge is 0.456 e. The first-order valence-corrected chi connectivity index (χ1v) is 32.5. The molecule has 0 aliphatic heterocycles. The molecule has 96 heavy (non-hydrogen) atoms. The highest BCUT2D eigenvalue weighted by molar-refractivity contribution is 6.21. The summed E-state index contributed by atoms with van der Waals surface area (Å²) in [6, 6.07) is 111. The topological polar surface area (TPSA) is 84.7 Å². The highest BCUT2D eigenvalue weighted by Gasteiger charge is 2.25. The number of fused-ring (bicyclic) bond motifs is 18. The number of hydrogen-bond donors (Lipinski definition) is 0. The molecule has 0 saturated carbocycles. The molecule has 0 atom stereocenters. The van der Waals surface area contributed by atoms with Crippen LogP contribution in [0.5, 0.6) is 0 Å². The zero-order valence-corrected chi connectivity index (χ0v) is 51.4. The molecule has 21 aromatic rings. The number of hydrogen-bond acceptors (Lipinski definition) is 5. The lowest BCUT2D eigenvalue weighted by atomic mass is 9.99. The van der Waals surface area contributed by atoms with Crippen LogP contribution in [-0.2, 0) is 0 Å². The molecule has 7 heterocycles. The van der Waals surface area contributed by atoms with Crippen LogP contribution in [0.3, 0.4) is 0 Å². The van der Waals surface area contributed by atoms with Crippen molar-refractivity contribution in [2.45, 2.75) is 0 Å². The minimum atomic E-state index is 0.500. The third-order valence-electron chi connectivity index (χ3n) is 19.8. The van der Waals surface area contributed by atoms with Gasteiger partial charge in [0.25, 0.3) is 0 Å². The van der Waals surface area contributed by atoms with E-state index in [-0.39, 0.29) is 0 Å². The summed E-state index contributed by atoms with van der Waals surface area (Å²) in [6.07, 6.45) is 0. The first-order chi connectivity index (χ1) is 47.6. The Hall–Kier alpha value is -13.1. The second kappa shape index (κ2) is 20.2. The van der Waals surface area contributed by atoms with Gasteiger partial charge in [-0.05, 0) is 180 Å². The summed E-state index contributed by atoms with van der Waals surface area (Å²) in [7, 11) is 0. The number of benzene rings is 14. The molecule has 0 saturated heterocycles. The lowest BCUT2D eigenvalue weighted by Gasteiger charge is -2.12. The molecule has 9 nitrogen and oxygen atoms in total. The monoisotopic (exact) mass is 1230 g/mol. The summed E-state index contributed by atoms with van der Waals surface area (Å²) in [5.74, 6) is 1.61. The number of aromatic nitrogens is 7. The van der Waals surface area contributed by atoms with E-state index >= 15 is 0 Å².